The van der Waals surface area contributed by atoms with Crippen LogP contribution in [-0.4, -0.2) is 10.9 Å². The van der Waals surface area contributed by atoms with Crippen LogP contribution >= 0.6 is 27.3 Å². The molecule has 0 aliphatic heterocycles. The van der Waals surface area contributed by atoms with Crippen LogP contribution in [0.3, 0.4) is 0 Å². The third kappa shape index (κ3) is 2.52. The number of carbonyl (C=O) groups excluding carboxylic acids is 1. The van der Waals surface area contributed by atoms with Gasteiger partial charge in [0, 0.05) is 9.86 Å². The van der Waals surface area contributed by atoms with Gasteiger partial charge in [-0.25, -0.2) is 0 Å². The summed E-state index contributed by atoms with van der Waals surface area (Å²) in [6, 6.07) is 11.6. The largest absolute Gasteiger partial charge is 0.320 e. The van der Waals surface area contributed by atoms with E-state index in [1.165, 1.54) is 11.3 Å². The Balaban J connectivity index is 1.89. The monoisotopic (exact) mass is 332 g/mol. The van der Waals surface area contributed by atoms with E-state index in [-0.39, 0.29) is 5.91 Å². The lowest BCUT2D eigenvalue weighted by atomic mass is 10.2. The van der Waals surface area contributed by atoms with E-state index in [4.69, 9.17) is 0 Å². The summed E-state index contributed by atoms with van der Waals surface area (Å²) in [5.74, 6) is -0.126. The summed E-state index contributed by atoms with van der Waals surface area (Å²) >= 11 is 4.76. The van der Waals surface area contributed by atoms with Crippen molar-refractivity contribution in [3.8, 4) is 0 Å². The molecule has 19 heavy (non-hydrogen) atoms. The minimum absolute atomic E-state index is 0.126. The van der Waals surface area contributed by atoms with Crippen molar-refractivity contribution in [1.82, 2.24) is 4.98 Å². The van der Waals surface area contributed by atoms with Crippen molar-refractivity contribution in [2.45, 2.75) is 0 Å². The Morgan fingerprint density at radius 1 is 1.26 bits per heavy atom. The number of thiophene rings is 1. The van der Waals surface area contributed by atoms with Gasteiger partial charge in [-0.3, -0.25) is 9.78 Å². The third-order valence-electron chi connectivity index (χ3n) is 2.67. The van der Waals surface area contributed by atoms with Crippen molar-refractivity contribution in [1.29, 1.82) is 0 Å². The van der Waals surface area contributed by atoms with Gasteiger partial charge in [-0.1, -0.05) is 18.2 Å². The molecule has 2 heterocycles. The topological polar surface area (TPSA) is 42.0 Å². The predicted octanol–water partition coefficient (Wildman–Crippen LogP) is 4.31. The maximum absolute atomic E-state index is 12.1. The summed E-state index contributed by atoms with van der Waals surface area (Å²) in [6.45, 7) is 0. The highest BCUT2D eigenvalue weighted by atomic mass is 79.9. The average Bonchev–Trinajstić information content (AvgIpc) is 2.85. The van der Waals surface area contributed by atoms with Crippen LogP contribution in [0.4, 0.5) is 5.69 Å². The molecular formula is C14H9BrN2OS. The Morgan fingerprint density at radius 2 is 2.11 bits per heavy atom. The van der Waals surface area contributed by atoms with Crippen LogP contribution in [-0.2, 0) is 0 Å². The van der Waals surface area contributed by atoms with Crippen LogP contribution in [0, 0.1) is 0 Å². The summed E-state index contributed by atoms with van der Waals surface area (Å²) in [5.41, 5.74) is 1.61. The second-order valence-electron chi connectivity index (χ2n) is 3.97. The van der Waals surface area contributed by atoms with E-state index < -0.39 is 0 Å². The van der Waals surface area contributed by atoms with Gasteiger partial charge in [-0.05, 0) is 39.5 Å². The Hall–Kier alpha value is -1.72. The molecule has 0 aliphatic rings. The number of hydrogen-bond donors (Lipinski definition) is 1. The van der Waals surface area contributed by atoms with Gasteiger partial charge < -0.3 is 5.32 Å². The second kappa shape index (κ2) is 5.11. The van der Waals surface area contributed by atoms with Crippen LogP contribution in [0.15, 0.2) is 52.4 Å². The van der Waals surface area contributed by atoms with E-state index in [0.717, 1.165) is 15.4 Å². The number of amides is 1. The minimum atomic E-state index is -0.126. The van der Waals surface area contributed by atoms with Crippen LogP contribution < -0.4 is 5.32 Å². The zero-order valence-electron chi connectivity index (χ0n) is 9.76. The van der Waals surface area contributed by atoms with Crippen LogP contribution in [0.5, 0.6) is 0 Å². The lowest BCUT2D eigenvalue weighted by molar-refractivity contribution is 0.103. The molecule has 0 saturated carbocycles. The molecule has 3 rings (SSSR count). The number of rotatable bonds is 2. The normalized spacial score (nSPS) is 10.6. The molecule has 1 N–H and O–H groups in total. The molecule has 0 unspecified atom stereocenters. The van der Waals surface area contributed by atoms with Crippen molar-refractivity contribution >= 4 is 49.8 Å². The highest BCUT2D eigenvalue weighted by Crippen LogP contribution is 2.24. The maximum Gasteiger partial charge on any atom is 0.266 e. The molecule has 0 saturated heterocycles. The van der Waals surface area contributed by atoms with Gasteiger partial charge in [-0.2, -0.15) is 0 Å². The Morgan fingerprint density at radius 3 is 2.89 bits per heavy atom. The number of aromatic nitrogens is 1. The molecule has 0 fully saturated rings. The first kappa shape index (κ1) is 12.3. The number of fused-ring (bicyclic) bond motifs is 1. The van der Waals surface area contributed by atoms with Gasteiger partial charge in [0.1, 0.15) is 4.88 Å². The van der Waals surface area contributed by atoms with Crippen molar-refractivity contribution in [2.24, 2.45) is 0 Å². The molecule has 94 valence electrons. The molecule has 0 bridgehead atoms. The number of nitrogens with zero attached hydrogens (tertiary/aromatic N) is 1. The standard InChI is InChI=1S/C14H9BrN2OS/c15-11-5-6-19-13(11)14(18)17-10-7-9-3-1-2-4-12(9)16-8-10/h1-8H,(H,17,18). The van der Waals surface area contributed by atoms with Crippen LogP contribution in [0.2, 0.25) is 0 Å². The first-order valence-electron chi connectivity index (χ1n) is 5.63. The fraction of sp³-hybridized carbons (Fsp3) is 0. The summed E-state index contributed by atoms with van der Waals surface area (Å²) < 4.78 is 0.809. The van der Waals surface area contributed by atoms with Crippen LogP contribution in [0.1, 0.15) is 9.67 Å². The van der Waals surface area contributed by atoms with E-state index in [0.29, 0.717) is 10.6 Å². The number of nitrogens with one attached hydrogen (secondary N) is 1. The van der Waals surface area contributed by atoms with Gasteiger partial charge in [0.25, 0.3) is 5.91 Å². The van der Waals surface area contributed by atoms with Crippen molar-refractivity contribution in [2.75, 3.05) is 5.32 Å². The molecule has 5 heteroatoms. The number of pyridine rings is 1. The summed E-state index contributed by atoms with van der Waals surface area (Å²) in [7, 11) is 0. The quantitative estimate of drug-likeness (QED) is 0.759. The van der Waals surface area contributed by atoms with Gasteiger partial charge in [0.15, 0.2) is 0 Å². The lowest BCUT2D eigenvalue weighted by Gasteiger charge is -2.05. The van der Waals surface area contributed by atoms with Crippen molar-refractivity contribution < 1.29 is 4.79 Å². The number of para-hydroxylation sites is 1. The zero-order valence-corrected chi connectivity index (χ0v) is 12.2. The van der Waals surface area contributed by atoms with E-state index in [9.17, 15) is 4.79 Å². The van der Waals surface area contributed by atoms with Crippen LogP contribution in [0.25, 0.3) is 10.9 Å². The molecule has 3 nitrogen and oxygen atoms in total. The van der Waals surface area contributed by atoms with E-state index >= 15 is 0 Å². The molecule has 2 aromatic heterocycles. The molecule has 0 aliphatic carbocycles. The molecular weight excluding hydrogens is 324 g/mol. The Kier molecular flexibility index (Phi) is 3.31. The maximum atomic E-state index is 12.1. The Labute approximate surface area is 122 Å². The number of halogens is 1. The number of carbonyl (C=O) groups is 1. The first-order chi connectivity index (χ1) is 9.24. The number of hydrogen-bond acceptors (Lipinski definition) is 3. The Bertz CT molecular complexity index is 754. The number of benzene rings is 1. The third-order valence-corrected chi connectivity index (χ3v) is 4.51. The predicted molar refractivity (Wildman–Crippen MR) is 81.7 cm³/mol. The van der Waals surface area contributed by atoms with Gasteiger partial charge in [0.05, 0.1) is 17.4 Å². The minimum Gasteiger partial charge on any atom is -0.320 e. The summed E-state index contributed by atoms with van der Waals surface area (Å²) in [4.78, 5) is 17.0. The molecule has 0 radical (unpaired) electrons. The SMILES string of the molecule is O=C(Nc1cnc2ccccc2c1)c1sccc1Br. The lowest BCUT2D eigenvalue weighted by Crippen LogP contribution is -2.10. The van der Waals surface area contributed by atoms with E-state index in [1.54, 1.807) is 6.20 Å². The van der Waals surface area contributed by atoms with Crippen molar-refractivity contribution in [3.63, 3.8) is 0 Å². The highest BCUT2D eigenvalue weighted by Gasteiger charge is 2.11. The van der Waals surface area contributed by atoms with Gasteiger partial charge >= 0.3 is 0 Å². The van der Waals surface area contributed by atoms with Gasteiger partial charge in [0.2, 0.25) is 0 Å². The number of anilines is 1. The van der Waals surface area contributed by atoms with Crippen molar-refractivity contribution in [3.05, 3.63) is 57.3 Å². The van der Waals surface area contributed by atoms with Gasteiger partial charge in [-0.15, -0.1) is 11.3 Å². The average molecular weight is 333 g/mol. The highest BCUT2D eigenvalue weighted by molar-refractivity contribution is 9.10. The smallest absolute Gasteiger partial charge is 0.266 e. The fourth-order valence-corrected chi connectivity index (χ4v) is 3.23. The fourth-order valence-electron chi connectivity index (χ4n) is 1.78. The van der Waals surface area contributed by atoms with E-state index in [2.05, 4.69) is 26.2 Å². The summed E-state index contributed by atoms with van der Waals surface area (Å²) in [5, 5.41) is 5.73. The molecule has 1 aromatic carbocycles. The summed E-state index contributed by atoms with van der Waals surface area (Å²) in [6.07, 6.45) is 1.67. The first-order valence-corrected chi connectivity index (χ1v) is 7.30. The molecule has 1 amide bonds. The second-order valence-corrected chi connectivity index (χ2v) is 5.74. The molecule has 3 aromatic rings. The zero-order chi connectivity index (χ0) is 13.2. The molecule has 0 spiro atoms. The molecule has 0 atom stereocenters. The van der Waals surface area contributed by atoms with E-state index in [1.807, 2.05) is 41.8 Å².